The Morgan fingerprint density at radius 2 is 2.06 bits per heavy atom. The van der Waals surface area contributed by atoms with Gasteiger partial charge in [0.25, 0.3) is 0 Å². The number of rotatable bonds is 2. The molecule has 0 aromatic carbocycles. The number of hydrogen-bond acceptors (Lipinski definition) is 3. The average molecular weight is 250 g/mol. The minimum Gasteiger partial charge on any atom is -0.357 e. The fraction of sp³-hybridized carbons (Fsp3) is 0.417. The van der Waals surface area contributed by atoms with E-state index in [0.717, 1.165) is 11.4 Å². The molecule has 1 aromatic heterocycles. The van der Waals surface area contributed by atoms with Crippen LogP contribution in [0.2, 0.25) is 0 Å². The number of nitrogens with one attached hydrogen (secondary N) is 2. The van der Waals surface area contributed by atoms with Crippen LogP contribution in [0.5, 0.6) is 0 Å². The quantitative estimate of drug-likeness (QED) is 0.479. The van der Waals surface area contributed by atoms with E-state index in [4.69, 9.17) is 12.2 Å². The monoisotopic (exact) mass is 250 g/mol. The van der Waals surface area contributed by atoms with Gasteiger partial charge in [-0.1, -0.05) is 6.07 Å². The lowest BCUT2D eigenvalue weighted by molar-refractivity contribution is 0.508. The molecule has 0 saturated heterocycles. The lowest BCUT2D eigenvalue weighted by Gasteiger charge is -2.21. The first kappa shape index (κ1) is 13.6. The minimum atomic E-state index is -0.0709. The predicted octanol–water partition coefficient (Wildman–Crippen LogP) is 2.07. The van der Waals surface area contributed by atoms with Gasteiger partial charge >= 0.3 is 0 Å². The third-order valence-electron chi connectivity index (χ3n) is 1.85. The number of pyridine rings is 1. The van der Waals surface area contributed by atoms with E-state index in [9.17, 15) is 0 Å². The van der Waals surface area contributed by atoms with E-state index in [1.807, 2.05) is 45.9 Å². The molecule has 0 unspecified atom stereocenters. The Bertz CT molecular complexity index is 406. The van der Waals surface area contributed by atoms with Crippen LogP contribution < -0.4 is 10.7 Å². The molecule has 0 saturated carbocycles. The smallest absolute Gasteiger partial charge is 0.187 e. The van der Waals surface area contributed by atoms with Crippen molar-refractivity contribution in [3.05, 3.63) is 30.1 Å². The third kappa shape index (κ3) is 5.40. The van der Waals surface area contributed by atoms with Crippen LogP contribution in [-0.4, -0.2) is 21.3 Å². The molecule has 2 N–H and O–H groups in total. The van der Waals surface area contributed by atoms with Gasteiger partial charge in [0.2, 0.25) is 0 Å². The molecule has 0 aliphatic rings. The fourth-order valence-electron chi connectivity index (χ4n) is 1.14. The van der Waals surface area contributed by atoms with Gasteiger partial charge in [0.15, 0.2) is 5.11 Å². The maximum absolute atomic E-state index is 5.12. The van der Waals surface area contributed by atoms with E-state index < -0.39 is 0 Å². The summed E-state index contributed by atoms with van der Waals surface area (Å²) in [5.41, 5.74) is 4.36. The van der Waals surface area contributed by atoms with Crippen LogP contribution in [-0.2, 0) is 0 Å². The molecule has 0 amide bonds. The zero-order valence-electron chi connectivity index (χ0n) is 10.6. The molecule has 4 nitrogen and oxygen atoms in total. The van der Waals surface area contributed by atoms with E-state index in [0.29, 0.717) is 5.11 Å². The Hall–Kier alpha value is -1.49. The van der Waals surface area contributed by atoms with Crippen molar-refractivity contribution in [2.24, 2.45) is 5.10 Å². The molecule has 0 spiro atoms. The molecule has 0 atom stereocenters. The molecule has 0 aliphatic carbocycles. The van der Waals surface area contributed by atoms with Crippen LogP contribution in [0, 0.1) is 0 Å². The van der Waals surface area contributed by atoms with Crippen molar-refractivity contribution >= 4 is 23.0 Å². The number of thiocarbonyl (C=S) groups is 1. The van der Waals surface area contributed by atoms with Crippen LogP contribution >= 0.6 is 12.2 Å². The summed E-state index contributed by atoms with van der Waals surface area (Å²) in [4.78, 5) is 4.20. The zero-order valence-corrected chi connectivity index (χ0v) is 11.4. The second-order valence-electron chi connectivity index (χ2n) is 4.73. The second-order valence-corrected chi connectivity index (χ2v) is 5.14. The summed E-state index contributed by atoms with van der Waals surface area (Å²) in [5.74, 6) is 0. The fourth-order valence-corrected chi connectivity index (χ4v) is 1.49. The van der Waals surface area contributed by atoms with Crippen molar-refractivity contribution < 1.29 is 0 Å². The van der Waals surface area contributed by atoms with E-state index in [-0.39, 0.29) is 5.54 Å². The average Bonchev–Trinajstić information content (AvgIpc) is 2.25. The van der Waals surface area contributed by atoms with Gasteiger partial charge in [-0.25, -0.2) is 0 Å². The lowest BCUT2D eigenvalue weighted by Crippen LogP contribution is -2.44. The molecule has 0 fully saturated rings. The van der Waals surface area contributed by atoms with Gasteiger partial charge in [-0.3, -0.25) is 10.4 Å². The number of nitrogens with zero attached hydrogens (tertiary/aromatic N) is 2. The molecular weight excluding hydrogens is 232 g/mol. The Kier molecular flexibility index (Phi) is 4.57. The highest BCUT2D eigenvalue weighted by atomic mass is 32.1. The topological polar surface area (TPSA) is 49.3 Å². The lowest BCUT2D eigenvalue weighted by atomic mass is 10.1. The summed E-state index contributed by atoms with van der Waals surface area (Å²) >= 11 is 5.12. The second kappa shape index (κ2) is 5.72. The molecule has 1 aromatic rings. The zero-order chi connectivity index (χ0) is 12.9. The van der Waals surface area contributed by atoms with Crippen molar-refractivity contribution in [3.63, 3.8) is 0 Å². The van der Waals surface area contributed by atoms with Crippen LogP contribution in [0.3, 0.4) is 0 Å². The molecule has 17 heavy (non-hydrogen) atoms. The van der Waals surface area contributed by atoms with Gasteiger partial charge in [0.1, 0.15) is 0 Å². The van der Waals surface area contributed by atoms with Gasteiger partial charge in [0, 0.05) is 11.7 Å². The van der Waals surface area contributed by atoms with Crippen LogP contribution in [0.1, 0.15) is 33.4 Å². The summed E-state index contributed by atoms with van der Waals surface area (Å²) in [6, 6.07) is 5.70. The van der Waals surface area contributed by atoms with Gasteiger partial charge in [-0.15, -0.1) is 0 Å². The van der Waals surface area contributed by atoms with Crippen molar-refractivity contribution in [2.45, 2.75) is 33.2 Å². The number of aromatic nitrogens is 1. The van der Waals surface area contributed by atoms with Crippen molar-refractivity contribution in [1.29, 1.82) is 0 Å². The predicted molar refractivity (Wildman–Crippen MR) is 75.1 cm³/mol. The Morgan fingerprint density at radius 1 is 1.35 bits per heavy atom. The first-order valence-corrected chi connectivity index (χ1v) is 5.83. The molecule has 0 bridgehead atoms. The highest BCUT2D eigenvalue weighted by Crippen LogP contribution is 1.98. The van der Waals surface area contributed by atoms with E-state index in [1.165, 1.54) is 0 Å². The number of hydrazone groups is 1. The van der Waals surface area contributed by atoms with Crippen LogP contribution in [0.25, 0.3) is 0 Å². The molecule has 1 heterocycles. The first-order valence-electron chi connectivity index (χ1n) is 5.42. The van der Waals surface area contributed by atoms with Crippen LogP contribution in [0.15, 0.2) is 29.5 Å². The summed E-state index contributed by atoms with van der Waals surface area (Å²) in [6.45, 7) is 8.00. The standard InChI is InChI=1S/C12H18N4S/c1-9(10-7-5-6-8-13-10)15-16-11(17)14-12(2,3)4/h5-8H,1-4H3,(H2,14,16,17)/b15-9+. The van der Waals surface area contributed by atoms with Crippen molar-refractivity contribution in [3.8, 4) is 0 Å². The highest BCUT2D eigenvalue weighted by molar-refractivity contribution is 7.80. The third-order valence-corrected chi connectivity index (χ3v) is 2.04. The Labute approximate surface area is 108 Å². The van der Waals surface area contributed by atoms with Gasteiger partial charge in [-0.2, -0.15) is 5.10 Å². The molecule has 1 rings (SSSR count). The van der Waals surface area contributed by atoms with E-state index in [1.54, 1.807) is 6.20 Å². The summed E-state index contributed by atoms with van der Waals surface area (Å²) < 4.78 is 0. The number of hydrogen-bond donors (Lipinski definition) is 2. The molecule has 5 heteroatoms. The Morgan fingerprint density at radius 3 is 2.59 bits per heavy atom. The molecule has 0 aliphatic heterocycles. The molecule has 92 valence electrons. The normalized spacial score (nSPS) is 12.1. The Balaban J connectivity index is 2.57. The maximum atomic E-state index is 5.12. The van der Waals surface area contributed by atoms with E-state index >= 15 is 0 Å². The molecular formula is C12H18N4S. The molecule has 0 radical (unpaired) electrons. The van der Waals surface area contributed by atoms with E-state index in [2.05, 4.69) is 20.8 Å². The van der Waals surface area contributed by atoms with Crippen LogP contribution in [0.4, 0.5) is 0 Å². The van der Waals surface area contributed by atoms with Gasteiger partial charge in [0.05, 0.1) is 11.4 Å². The SMILES string of the molecule is C/C(=N\NC(=S)NC(C)(C)C)c1ccccn1. The summed E-state index contributed by atoms with van der Waals surface area (Å²) in [6.07, 6.45) is 1.74. The summed E-state index contributed by atoms with van der Waals surface area (Å²) in [7, 11) is 0. The minimum absolute atomic E-state index is 0.0709. The first-order chi connectivity index (χ1) is 7.88. The largest absolute Gasteiger partial charge is 0.357 e. The van der Waals surface area contributed by atoms with Crippen molar-refractivity contribution in [2.75, 3.05) is 0 Å². The van der Waals surface area contributed by atoms with Gasteiger partial charge in [-0.05, 0) is 52.0 Å². The van der Waals surface area contributed by atoms with Gasteiger partial charge < -0.3 is 5.32 Å². The van der Waals surface area contributed by atoms with Crippen molar-refractivity contribution in [1.82, 2.24) is 15.7 Å². The highest BCUT2D eigenvalue weighted by Gasteiger charge is 2.10. The maximum Gasteiger partial charge on any atom is 0.187 e. The summed E-state index contributed by atoms with van der Waals surface area (Å²) in [5, 5.41) is 7.80.